The van der Waals surface area contributed by atoms with Crippen LogP contribution in [-0.2, 0) is 22.4 Å². The predicted octanol–water partition coefficient (Wildman–Crippen LogP) is 3.75. The van der Waals surface area contributed by atoms with Crippen LogP contribution in [0.3, 0.4) is 0 Å². The van der Waals surface area contributed by atoms with Crippen molar-refractivity contribution in [2.24, 2.45) is 5.73 Å². The molecule has 0 amide bonds. The summed E-state index contributed by atoms with van der Waals surface area (Å²) in [4.78, 5) is 12.2. The molecule has 0 aliphatic rings. The first-order valence-electron chi connectivity index (χ1n) is 10.1. The molecule has 0 aliphatic carbocycles. The first-order valence-corrected chi connectivity index (χ1v) is 10.1. The molecule has 0 spiro atoms. The Morgan fingerprint density at radius 2 is 1.90 bits per heavy atom. The zero-order valence-electron chi connectivity index (χ0n) is 17.8. The van der Waals surface area contributed by atoms with Crippen LogP contribution in [-0.4, -0.2) is 37.2 Å². The van der Waals surface area contributed by atoms with Crippen molar-refractivity contribution in [1.29, 1.82) is 5.41 Å². The molecule has 5 N–H and O–H groups in total. The summed E-state index contributed by atoms with van der Waals surface area (Å²) in [5.74, 6) is -0.436. The number of nitrogen functional groups attached to an aromatic ring is 1. The van der Waals surface area contributed by atoms with Crippen LogP contribution in [0.5, 0.6) is 5.75 Å². The Labute approximate surface area is 177 Å². The number of rotatable bonds is 12. The first-order chi connectivity index (χ1) is 14.4. The van der Waals surface area contributed by atoms with Crippen LogP contribution in [0.15, 0.2) is 36.4 Å². The molecular formula is C23H31N3O4. The quantitative estimate of drug-likeness (QED) is 0.239. The average Bonchev–Trinajstić information content (AvgIpc) is 2.73. The highest BCUT2D eigenvalue weighted by Crippen LogP contribution is 2.34. The first kappa shape index (κ1) is 23.2. The van der Waals surface area contributed by atoms with Crippen molar-refractivity contribution in [3.8, 4) is 5.75 Å². The molecule has 0 fully saturated rings. The number of methoxy groups -OCH3 is 1. The van der Waals surface area contributed by atoms with Gasteiger partial charge in [0.05, 0.1) is 6.61 Å². The molecule has 0 aliphatic heterocycles. The van der Waals surface area contributed by atoms with E-state index in [9.17, 15) is 9.90 Å². The molecule has 7 nitrogen and oxygen atoms in total. The van der Waals surface area contributed by atoms with Gasteiger partial charge in [0.25, 0.3) is 0 Å². The number of benzene rings is 2. The molecule has 0 bridgehead atoms. The number of carbonyl (C=O) groups is 1. The van der Waals surface area contributed by atoms with E-state index in [4.69, 9.17) is 20.6 Å². The minimum Gasteiger partial charge on any atom is -0.491 e. The maximum Gasteiger partial charge on any atom is 0.330 e. The average molecular weight is 414 g/mol. The zero-order valence-corrected chi connectivity index (χ0v) is 17.8. The van der Waals surface area contributed by atoms with E-state index >= 15 is 0 Å². The van der Waals surface area contributed by atoms with Crippen molar-refractivity contribution in [3.05, 3.63) is 58.7 Å². The standard InChI is InChI=1S/C23H31N3O4/c1-4-6-17-13-15(5-2)14-19(21(17)30-12-11-29-3)20(23(27)28)26-18-9-7-16(8-10-18)22(24)25/h7-10,13-14,20,26H,4-6,11-12H2,1-3H3,(H3,24,25)(H,27,28)/t20-/m1/s1. The second-order valence-electron chi connectivity index (χ2n) is 7.02. The van der Waals surface area contributed by atoms with Crippen molar-refractivity contribution in [2.45, 2.75) is 39.2 Å². The van der Waals surface area contributed by atoms with Gasteiger partial charge in [0, 0.05) is 23.9 Å². The van der Waals surface area contributed by atoms with Gasteiger partial charge >= 0.3 is 5.97 Å². The fourth-order valence-electron chi connectivity index (χ4n) is 3.24. The molecule has 2 aromatic rings. The summed E-state index contributed by atoms with van der Waals surface area (Å²) in [7, 11) is 1.60. The third-order valence-electron chi connectivity index (χ3n) is 4.78. The Bertz CT molecular complexity index is 865. The molecule has 1 atom stereocenters. The van der Waals surface area contributed by atoms with Crippen molar-refractivity contribution >= 4 is 17.5 Å². The van der Waals surface area contributed by atoms with Gasteiger partial charge in [-0.15, -0.1) is 0 Å². The zero-order chi connectivity index (χ0) is 22.1. The molecule has 2 aromatic carbocycles. The highest BCUT2D eigenvalue weighted by atomic mass is 16.5. The lowest BCUT2D eigenvalue weighted by molar-refractivity contribution is -0.138. The molecule has 0 radical (unpaired) electrons. The minimum atomic E-state index is -1.00. The monoisotopic (exact) mass is 413 g/mol. The number of aryl methyl sites for hydroxylation is 2. The topological polar surface area (TPSA) is 118 Å². The maximum atomic E-state index is 12.2. The molecule has 7 heteroatoms. The van der Waals surface area contributed by atoms with Crippen LogP contribution in [0.4, 0.5) is 5.69 Å². The van der Waals surface area contributed by atoms with Crippen molar-refractivity contribution in [3.63, 3.8) is 0 Å². The summed E-state index contributed by atoms with van der Waals surface area (Å²) in [6.07, 6.45) is 2.51. The Morgan fingerprint density at radius 3 is 2.43 bits per heavy atom. The van der Waals surface area contributed by atoms with Crippen LogP contribution in [0.25, 0.3) is 0 Å². The van der Waals surface area contributed by atoms with Crippen LogP contribution in [0, 0.1) is 5.41 Å². The largest absolute Gasteiger partial charge is 0.491 e. The number of nitrogens with two attached hydrogens (primary N) is 1. The molecule has 2 rings (SSSR count). The molecule has 0 aromatic heterocycles. The van der Waals surface area contributed by atoms with Gasteiger partial charge in [0.2, 0.25) is 0 Å². The summed E-state index contributed by atoms with van der Waals surface area (Å²) in [6, 6.07) is 9.80. The van der Waals surface area contributed by atoms with Gasteiger partial charge in [-0.2, -0.15) is 0 Å². The van der Waals surface area contributed by atoms with E-state index in [-0.39, 0.29) is 5.84 Å². The summed E-state index contributed by atoms with van der Waals surface area (Å²) < 4.78 is 11.1. The number of ether oxygens (including phenoxy) is 2. The van der Waals surface area contributed by atoms with Crippen LogP contribution in [0.2, 0.25) is 0 Å². The lowest BCUT2D eigenvalue weighted by Crippen LogP contribution is -2.23. The van der Waals surface area contributed by atoms with Crippen molar-refractivity contribution in [1.82, 2.24) is 0 Å². The summed E-state index contributed by atoms with van der Waals surface area (Å²) in [5.41, 5.74) is 9.36. The molecular weight excluding hydrogens is 382 g/mol. The van der Waals surface area contributed by atoms with Crippen LogP contribution >= 0.6 is 0 Å². The lowest BCUT2D eigenvalue weighted by Gasteiger charge is -2.23. The highest BCUT2D eigenvalue weighted by molar-refractivity contribution is 5.95. The Hall–Kier alpha value is -3.06. The smallest absolute Gasteiger partial charge is 0.330 e. The fraction of sp³-hybridized carbons (Fsp3) is 0.391. The Kier molecular flexibility index (Phi) is 8.68. The van der Waals surface area contributed by atoms with Crippen LogP contribution in [0.1, 0.15) is 48.6 Å². The number of hydrogen-bond acceptors (Lipinski definition) is 5. The van der Waals surface area contributed by atoms with Crippen molar-refractivity contribution < 1.29 is 19.4 Å². The summed E-state index contributed by atoms with van der Waals surface area (Å²) in [5, 5.41) is 20.6. The van der Waals surface area contributed by atoms with E-state index in [1.165, 1.54) is 0 Å². The number of amidine groups is 1. The number of aliphatic carboxylic acids is 1. The van der Waals surface area contributed by atoms with Gasteiger partial charge in [-0.3, -0.25) is 5.41 Å². The summed E-state index contributed by atoms with van der Waals surface area (Å²) in [6.45, 7) is 4.88. The van der Waals surface area contributed by atoms with Gasteiger partial charge < -0.3 is 25.6 Å². The van der Waals surface area contributed by atoms with E-state index in [2.05, 4.69) is 18.3 Å². The van der Waals surface area contributed by atoms with E-state index in [0.29, 0.717) is 35.8 Å². The molecule has 0 unspecified atom stereocenters. The number of anilines is 1. The van der Waals surface area contributed by atoms with Crippen molar-refractivity contribution in [2.75, 3.05) is 25.6 Å². The Morgan fingerprint density at radius 1 is 1.20 bits per heavy atom. The second-order valence-corrected chi connectivity index (χ2v) is 7.02. The van der Waals surface area contributed by atoms with E-state index in [1.54, 1.807) is 31.4 Å². The molecule has 0 heterocycles. The lowest BCUT2D eigenvalue weighted by atomic mass is 9.95. The van der Waals surface area contributed by atoms with Gasteiger partial charge in [0.15, 0.2) is 6.04 Å². The number of hydrogen-bond donors (Lipinski definition) is 4. The van der Waals surface area contributed by atoms with E-state index < -0.39 is 12.0 Å². The molecule has 30 heavy (non-hydrogen) atoms. The van der Waals surface area contributed by atoms with Crippen LogP contribution < -0.4 is 15.8 Å². The fourth-order valence-corrected chi connectivity index (χ4v) is 3.24. The van der Waals surface area contributed by atoms with E-state index in [0.717, 1.165) is 30.4 Å². The van der Waals surface area contributed by atoms with Gasteiger partial charge in [0.1, 0.15) is 18.2 Å². The third kappa shape index (κ3) is 5.97. The minimum absolute atomic E-state index is 0.0370. The molecule has 162 valence electrons. The number of carboxylic acid groups (broad SMARTS) is 1. The Balaban J connectivity index is 2.48. The maximum absolute atomic E-state index is 12.2. The third-order valence-corrected chi connectivity index (χ3v) is 4.78. The SMILES string of the molecule is CCCc1cc(CC)cc([C@@H](Nc2ccc(C(=N)N)cc2)C(=O)O)c1OCCOC. The predicted molar refractivity (Wildman–Crippen MR) is 119 cm³/mol. The molecule has 0 saturated carbocycles. The normalized spacial score (nSPS) is 11.7. The number of nitrogens with one attached hydrogen (secondary N) is 2. The van der Waals surface area contributed by atoms with Gasteiger partial charge in [-0.05, 0) is 54.3 Å². The summed E-state index contributed by atoms with van der Waals surface area (Å²) >= 11 is 0. The highest BCUT2D eigenvalue weighted by Gasteiger charge is 2.26. The van der Waals surface area contributed by atoms with Gasteiger partial charge in [-0.25, -0.2) is 4.79 Å². The second kappa shape index (κ2) is 11.2. The number of carboxylic acids is 1. The van der Waals surface area contributed by atoms with E-state index in [1.807, 2.05) is 13.0 Å². The molecule has 0 saturated heterocycles. The van der Waals surface area contributed by atoms with Gasteiger partial charge in [-0.1, -0.05) is 26.3 Å².